The molecule has 26 heavy (non-hydrogen) atoms. The van der Waals surface area contributed by atoms with Crippen LogP contribution in [0, 0.1) is 0 Å². The van der Waals surface area contributed by atoms with Crippen LogP contribution in [0.3, 0.4) is 0 Å². The van der Waals surface area contributed by atoms with E-state index < -0.39 is 0 Å². The zero-order valence-corrected chi connectivity index (χ0v) is 16.8. The molecule has 4 heteroatoms. The number of pyridine rings is 1. The number of allylic oxidation sites excluding steroid dienone is 5. The highest BCUT2D eigenvalue weighted by Gasteiger charge is 2.05. The number of carbonyl (C=O) groups is 1. The molecule has 0 aromatic carbocycles. The minimum absolute atomic E-state index is 0.353. The molecule has 1 rings (SSSR count). The summed E-state index contributed by atoms with van der Waals surface area (Å²) in [6.07, 6.45) is 12.8. The van der Waals surface area contributed by atoms with Gasteiger partial charge >= 0.3 is 5.97 Å². The van der Waals surface area contributed by atoms with Crippen LogP contribution in [0.5, 0.6) is 0 Å². The van der Waals surface area contributed by atoms with Crippen molar-refractivity contribution < 1.29 is 9.53 Å². The fourth-order valence-electron chi connectivity index (χ4n) is 2.44. The van der Waals surface area contributed by atoms with Crippen molar-refractivity contribution in [3.8, 4) is 0 Å². The lowest BCUT2D eigenvalue weighted by Gasteiger charge is -2.06. The number of rotatable bonds is 10. The number of nitrogens with zero attached hydrogens (tertiary/aromatic N) is 1. The molecule has 0 spiro atoms. The molecular weight excluding hydrogens is 324 g/mol. The van der Waals surface area contributed by atoms with E-state index in [1.54, 1.807) is 18.3 Å². The van der Waals surface area contributed by atoms with Gasteiger partial charge in [-0.05, 0) is 65.5 Å². The highest BCUT2D eigenvalue weighted by atomic mass is 16.5. The third-order valence-electron chi connectivity index (χ3n) is 4.04. The summed E-state index contributed by atoms with van der Waals surface area (Å²) in [5.74, 6) is 0.320. The van der Waals surface area contributed by atoms with Crippen LogP contribution in [0.25, 0.3) is 0 Å². The first kappa shape index (κ1) is 21.7. The molecule has 0 aliphatic rings. The van der Waals surface area contributed by atoms with Crippen LogP contribution < -0.4 is 5.32 Å². The molecule has 0 unspecified atom stereocenters. The van der Waals surface area contributed by atoms with Crippen molar-refractivity contribution in [3.05, 3.63) is 58.8 Å². The second-order valence-corrected chi connectivity index (χ2v) is 6.76. The Balaban J connectivity index is 2.38. The molecule has 0 aliphatic carbocycles. The number of hydrogen-bond acceptors (Lipinski definition) is 4. The summed E-state index contributed by atoms with van der Waals surface area (Å²) >= 11 is 0. The normalized spacial score (nSPS) is 11.9. The molecule has 0 amide bonds. The summed E-state index contributed by atoms with van der Waals surface area (Å²) in [5.41, 5.74) is 4.68. The number of esters is 1. The van der Waals surface area contributed by atoms with Gasteiger partial charge in [0.15, 0.2) is 0 Å². The van der Waals surface area contributed by atoms with Gasteiger partial charge in [0.2, 0.25) is 0 Å². The van der Waals surface area contributed by atoms with Crippen molar-refractivity contribution >= 4 is 11.8 Å². The molecular formula is C22H32N2O2. The van der Waals surface area contributed by atoms with Gasteiger partial charge in [-0.3, -0.25) is 0 Å². The maximum atomic E-state index is 11.5. The predicted octanol–water partition coefficient (Wildman–Crippen LogP) is 5.70. The summed E-state index contributed by atoms with van der Waals surface area (Å²) in [6, 6.07) is 3.35. The molecule has 1 N–H and O–H groups in total. The maximum Gasteiger partial charge on any atom is 0.338 e. The van der Waals surface area contributed by atoms with Gasteiger partial charge in [-0.2, -0.15) is 0 Å². The van der Waals surface area contributed by atoms with Gasteiger partial charge in [-0.25, -0.2) is 9.78 Å². The second kappa shape index (κ2) is 12.1. The van der Waals surface area contributed by atoms with Gasteiger partial charge in [-0.15, -0.1) is 0 Å². The SMILES string of the molecule is COC(=O)c1ccnc(NC/C=C(\C)CC/C=C(\C)CCC=C(C)C)c1. The zero-order chi connectivity index (χ0) is 19.4. The van der Waals surface area contributed by atoms with Crippen LogP contribution >= 0.6 is 0 Å². The van der Waals surface area contributed by atoms with Crippen molar-refractivity contribution in [2.24, 2.45) is 0 Å². The summed E-state index contributed by atoms with van der Waals surface area (Å²) in [4.78, 5) is 15.7. The van der Waals surface area contributed by atoms with Crippen LogP contribution in [0.15, 0.2) is 53.3 Å². The van der Waals surface area contributed by atoms with Crippen molar-refractivity contribution in [3.63, 3.8) is 0 Å². The van der Waals surface area contributed by atoms with E-state index in [0.717, 1.165) is 25.7 Å². The fraction of sp³-hybridized carbons (Fsp3) is 0.455. The number of carbonyl (C=O) groups excluding carboxylic acids is 1. The van der Waals surface area contributed by atoms with Crippen LogP contribution in [0.4, 0.5) is 5.82 Å². The Morgan fingerprint density at radius 1 is 1.08 bits per heavy atom. The van der Waals surface area contributed by atoms with Crippen molar-refractivity contribution in [2.75, 3.05) is 19.0 Å². The Morgan fingerprint density at radius 3 is 2.38 bits per heavy atom. The number of methoxy groups -OCH3 is 1. The average molecular weight is 357 g/mol. The quantitative estimate of drug-likeness (QED) is 0.431. The first-order valence-corrected chi connectivity index (χ1v) is 9.15. The molecule has 1 aromatic heterocycles. The zero-order valence-electron chi connectivity index (χ0n) is 16.8. The number of nitrogens with one attached hydrogen (secondary N) is 1. The molecule has 0 saturated heterocycles. The highest BCUT2D eigenvalue weighted by molar-refractivity contribution is 5.89. The molecule has 1 heterocycles. The molecule has 0 aliphatic heterocycles. The van der Waals surface area contributed by atoms with E-state index in [1.165, 1.54) is 23.8 Å². The molecule has 0 radical (unpaired) electrons. The minimum atomic E-state index is -0.353. The fourth-order valence-corrected chi connectivity index (χ4v) is 2.44. The smallest absolute Gasteiger partial charge is 0.338 e. The van der Waals surface area contributed by atoms with E-state index in [0.29, 0.717) is 17.9 Å². The van der Waals surface area contributed by atoms with Gasteiger partial charge < -0.3 is 10.1 Å². The summed E-state index contributed by atoms with van der Waals surface area (Å²) in [7, 11) is 1.37. The molecule has 0 saturated carbocycles. The van der Waals surface area contributed by atoms with Gasteiger partial charge in [0.1, 0.15) is 5.82 Å². The Morgan fingerprint density at radius 2 is 1.73 bits per heavy atom. The van der Waals surface area contributed by atoms with Gasteiger partial charge in [0, 0.05) is 12.7 Å². The Bertz CT molecular complexity index is 668. The Kier molecular flexibility index (Phi) is 10.1. The topological polar surface area (TPSA) is 51.2 Å². The summed E-state index contributed by atoms with van der Waals surface area (Å²) < 4.78 is 4.72. The van der Waals surface area contributed by atoms with Gasteiger partial charge in [0.05, 0.1) is 12.7 Å². The Labute approximate surface area is 158 Å². The average Bonchev–Trinajstić information content (AvgIpc) is 2.61. The number of anilines is 1. The summed E-state index contributed by atoms with van der Waals surface area (Å²) in [6.45, 7) is 9.32. The first-order chi connectivity index (χ1) is 12.4. The van der Waals surface area contributed by atoms with Crippen molar-refractivity contribution in [2.45, 2.75) is 53.4 Å². The van der Waals surface area contributed by atoms with E-state index in [-0.39, 0.29) is 5.97 Å². The third-order valence-corrected chi connectivity index (χ3v) is 4.04. The van der Waals surface area contributed by atoms with Gasteiger partial charge in [-0.1, -0.05) is 34.9 Å². The molecule has 0 atom stereocenters. The highest BCUT2D eigenvalue weighted by Crippen LogP contribution is 2.12. The molecule has 0 fully saturated rings. The number of ether oxygens (including phenoxy) is 1. The lowest BCUT2D eigenvalue weighted by atomic mass is 10.1. The number of aromatic nitrogens is 1. The number of hydrogen-bond donors (Lipinski definition) is 1. The largest absolute Gasteiger partial charge is 0.465 e. The van der Waals surface area contributed by atoms with Crippen LogP contribution in [-0.4, -0.2) is 24.6 Å². The minimum Gasteiger partial charge on any atom is -0.465 e. The monoisotopic (exact) mass is 356 g/mol. The second-order valence-electron chi connectivity index (χ2n) is 6.76. The lowest BCUT2D eigenvalue weighted by Crippen LogP contribution is -2.05. The third kappa shape index (κ3) is 9.21. The van der Waals surface area contributed by atoms with Crippen molar-refractivity contribution in [1.29, 1.82) is 0 Å². The van der Waals surface area contributed by atoms with E-state index in [2.05, 4.69) is 56.2 Å². The molecule has 0 bridgehead atoms. The predicted molar refractivity (Wildman–Crippen MR) is 109 cm³/mol. The van der Waals surface area contributed by atoms with Gasteiger partial charge in [0.25, 0.3) is 0 Å². The first-order valence-electron chi connectivity index (χ1n) is 9.15. The summed E-state index contributed by atoms with van der Waals surface area (Å²) in [5, 5.41) is 3.22. The van der Waals surface area contributed by atoms with Crippen LogP contribution in [0.2, 0.25) is 0 Å². The molecule has 1 aromatic rings. The van der Waals surface area contributed by atoms with Crippen LogP contribution in [-0.2, 0) is 4.74 Å². The molecule has 4 nitrogen and oxygen atoms in total. The lowest BCUT2D eigenvalue weighted by molar-refractivity contribution is 0.0600. The maximum absolute atomic E-state index is 11.5. The Hall–Kier alpha value is -2.36. The van der Waals surface area contributed by atoms with E-state index in [9.17, 15) is 4.79 Å². The van der Waals surface area contributed by atoms with E-state index >= 15 is 0 Å². The van der Waals surface area contributed by atoms with Crippen molar-refractivity contribution in [1.82, 2.24) is 4.98 Å². The molecule has 142 valence electrons. The standard InChI is InChI=1S/C22H32N2O2/c1-17(2)8-6-9-18(3)10-7-11-19(4)12-14-23-21-16-20(13-15-24-21)22(25)26-5/h8,10,12-13,15-16H,6-7,9,11,14H2,1-5H3,(H,23,24)/b18-10+,19-12+. The van der Waals surface area contributed by atoms with E-state index in [4.69, 9.17) is 4.74 Å². The van der Waals surface area contributed by atoms with Crippen LogP contribution in [0.1, 0.15) is 63.7 Å². The van der Waals surface area contributed by atoms with E-state index in [1.807, 2.05) is 0 Å².